The number of rotatable bonds is 18. The third-order valence-electron chi connectivity index (χ3n) is 9.31. The molecule has 2 heterocycles. The monoisotopic (exact) mass is 777 g/mol. The Hall–Kier alpha value is -6.35. The lowest BCUT2D eigenvalue weighted by molar-refractivity contribution is -0.143. The minimum atomic E-state index is -1.59. The van der Waals surface area contributed by atoms with Gasteiger partial charge < -0.3 is 20.5 Å². The summed E-state index contributed by atoms with van der Waals surface area (Å²) in [6.45, 7) is 9.09. The minimum absolute atomic E-state index is 0.0207. The van der Waals surface area contributed by atoms with Gasteiger partial charge in [-0.3, -0.25) is 25.1 Å². The van der Waals surface area contributed by atoms with Crippen molar-refractivity contribution < 1.29 is 29.0 Å². The van der Waals surface area contributed by atoms with Crippen molar-refractivity contribution in [2.75, 3.05) is 6.61 Å². The lowest BCUT2D eigenvalue weighted by Crippen LogP contribution is -2.54. The van der Waals surface area contributed by atoms with E-state index in [-0.39, 0.29) is 17.8 Å². The molecule has 0 saturated heterocycles. The number of carboxylic acid groups (broad SMARTS) is 1. The van der Waals surface area contributed by atoms with Crippen molar-refractivity contribution >= 4 is 29.7 Å². The standard InChI is InChI=1S/C42H51N9O6/c1-5-6-7-8-9-22-57-33-20-16-28(17-21-33)31-25-43-37(44-26-31)29-12-10-27(11-13-29)23-34(45-38(53)30-14-18-32(19-15-30)42(2,3)4)39(54)46-35(40(55)56)24-36(52)47-41-48-50-51-49-41/h10-21,25-26,34-35,50-51H,5-9,22-24H2,1-4H3,(H,45,53)(H,46,54)(H,55,56)(H2,47,48,49,52)/t34-,35-/m0/s1. The fraction of sp³-hybridized carbons (Fsp3) is 0.357. The average molecular weight is 778 g/mol. The van der Waals surface area contributed by atoms with Crippen molar-refractivity contribution in [2.24, 2.45) is 5.10 Å². The van der Waals surface area contributed by atoms with Gasteiger partial charge in [-0.05, 0) is 52.8 Å². The molecule has 0 saturated carbocycles. The van der Waals surface area contributed by atoms with Gasteiger partial charge in [0.15, 0.2) is 5.82 Å². The van der Waals surface area contributed by atoms with Crippen LogP contribution < -0.4 is 37.2 Å². The first-order chi connectivity index (χ1) is 27.4. The number of carboxylic acids is 1. The van der Waals surface area contributed by atoms with Crippen LogP contribution in [0.5, 0.6) is 5.75 Å². The van der Waals surface area contributed by atoms with Crippen LogP contribution in [0.15, 0.2) is 90.3 Å². The van der Waals surface area contributed by atoms with Gasteiger partial charge in [0.25, 0.3) is 5.91 Å². The number of carbonyl (C=O) groups excluding carboxylic acids is 3. The van der Waals surface area contributed by atoms with Crippen molar-refractivity contribution in [3.05, 3.63) is 102 Å². The highest BCUT2D eigenvalue weighted by Gasteiger charge is 2.29. The maximum absolute atomic E-state index is 13.7. The van der Waals surface area contributed by atoms with Crippen LogP contribution in [0.4, 0.5) is 0 Å². The molecular formula is C42H51N9O6. The quantitative estimate of drug-likeness (QED) is 0.0686. The maximum atomic E-state index is 13.7. The van der Waals surface area contributed by atoms with E-state index in [2.05, 4.69) is 75.2 Å². The van der Waals surface area contributed by atoms with E-state index in [0.717, 1.165) is 34.4 Å². The molecule has 2 atom stereocenters. The predicted octanol–water partition coefficient (Wildman–Crippen LogP) is 4.76. The van der Waals surface area contributed by atoms with Gasteiger partial charge in [-0.25, -0.2) is 20.3 Å². The van der Waals surface area contributed by atoms with Crippen LogP contribution in [0.1, 0.15) is 87.7 Å². The van der Waals surface area contributed by atoms with Crippen molar-refractivity contribution in [3.63, 3.8) is 0 Å². The Kier molecular flexibility index (Phi) is 14.7. The lowest BCUT2D eigenvalue weighted by Gasteiger charge is -2.22. The summed E-state index contributed by atoms with van der Waals surface area (Å²) in [4.78, 5) is 61.0. The van der Waals surface area contributed by atoms with Crippen molar-refractivity contribution in [1.29, 1.82) is 0 Å². The number of ether oxygens (including phenoxy) is 1. The van der Waals surface area contributed by atoms with E-state index in [0.29, 0.717) is 23.6 Å². The number of hydrogen-bond acceptors (Lipinski definition) is 11. The Balaban J connectivity index is 1.25. The number of aromatic nitrogens is 2. The van der Waals surface area contributed by atoms with Gasteiger partial charge in [0, 0.05) is 35.5 Å². The molecule has 3 amide bonds. The van der Waals surface area contributed by atoms with E-state index in [1.54, 1.807) is 36.7 Å². The van der Waals surface area contributed by atoms with Crippen LogP contribution in [-0.2, 0) is 26.2 Å². The molecule has 1 aromatic heterocycles. The highest BCUT2D eigenvalue weighted by Crippen LogP contribution is 2.25. The Labute approximate surface area is 332 Å². The van der Waals surface area contributed by atoms with Crippen LogP contribution in [0.2, 0.25) is 0 Å². The van der Waals surface area contributed by atoms with Crippen molar-refractivity contribution in [2.45, 2.75) is 90.1 Å². The molecule has 0 aliphatic carbocycles. The number of unbranched alkanes of at least 4 members (excludes halogenated alkanes) is 4. The molecule has 0 fully saturated rings. The number of benzene rings is 3. The summed E-state index contributed by atoms with van der Waals surface area (Å²) in [7, 11) is 0. The zero-order valence-corrected chi connectivity index (χ0v) is 32.7. The van der Waals surface area contributed by atoms with Gasteiger partial charge in [-0.15, -0.1) is 10.6 Å². The third kappa shape index (κ3) is 12.6. The summed E-state index contributed by atoms with van der Waals surface area (Å²) >= 11 is 0. The number of nitrogens with one attached hydrogen (secondary N) is 6. The molecular weight excluding hydrogens is 727 g/mol. The van der Waals surface area contributed by atoms with Crippen LogP contribution in [0.3, 0.4) is 0 Å². The molecule has 0 bridgehead atoms. The first-order valence-electron chi connectivity index (χ1n) is 19.1. The molecule has 1 aliphatic heterocycles. The van der Waals surface area contributed by atoms with Gasteiger partial charge in [-0.2, -0.15) is 0 Å². The van der Waals surface area contributed by atoms with E-state index in [9.17, 15) is 24.3 Å². The first kappa shape index (κ1) is 41.8. The van der Waals surface area contributed by atoms with Crippen LogP contribution >= 0.6 is 0 Å². The number of aliphatic carboxylic acids is 1. The lowest BCUT2D eigenvalue weighted by atomic mass is 9.86. The zero-order chi connectivity index (χ0) is 40.8. The van der Waals surface area contributed by atoms with Gasteiger partial charge in [0.1, 0.15) is 17.8 Å². The number of guanidine groups is 1. The molecule has 0 radical (unpaired) electrons. The van der Waals surface area contributed by atoms with Gasteiger partial charge in [-0.1, -0.05) is 102 Å². The summed E-state index contributed by atoms with van der Waals surface area (Å²) in [5, 5.41) is 21.2. The molecule has 3 aromatic carbocycles. The molecule has 57 heavy (non-hydrogen) atoms. The number of hydrazine groups is 2. The Morgan fingerprint density at radius 2 is 1.46 bits per heavy atom. The van der Waals surface area contributed by atoms with Crippen molar-refractivity contribution in [3.8, 4) is 28.3 Å². The average Bonchev–Trinajstić information content (AvgIpc) is 3.72. The van der Waals surface area contributed by atoms with Gasteiger partial charge in [0.2, 0.25) is 17.8 Å². The third-order valence-corrected chi connectivity index (χ3v) is 9.31. The summed E-state index contributed by atoms with van der Waals surface area (Å²) in [5.41, 5.74) is 11.8. The topological polar surface area (TPSA) is 208 Å². The van der Waals surface area contributed by atoms with E-state index < -0.39 is 42.2 Å². The molecule has 0 unspecified atom stereocenters. The smallest absolute Gasteiger partial charge is 0.326 e. The predicted molar refractivity (Wildman–Crippen MR) is 216 cm³/mol. The second-order valence-electron chi connectivity index (χ2n) is 14.8. The van der Waals surface area contributed by atoms with E-state index in [4.69, 9.17) is 4.74 Å². The van der Waals surface area contributed by atoms with Crippen molar-refractivity contribution in [1.82, 2.24) is 42.4 Å². The van der Waals surface area contributed by atoms with Crippen LogP contribution in [-0.4, -0.2) is 63.4 Å². The zero-order valence-electron chi connectivity index (χ0n) is 32.7. The van der Waals surface area contributed by atoms with Crippen LogP contribution in [0, 0.1) is 0 Å². The number of nitrogens with zero attached hydrogens (tertiary/aromatic N) is 3. The van der Waals surface area contributed by atoms with Crippen LogP contribution in [0.25, 0.3) is 22.5 Å². The normalized spacial score (nSPS) is 13.3. The Morgan fingerprint density at radius 1 is 0.789 bits per heavy atom. The van der Waals surface area contributed by atoms with Gasteiger partial charge >= 0.3 is 5.97 Å². The first-order valence-corrected chi connectivity index (χ1v) is 19.1. The summed E-state index contributed by atoms with van der Waals surface area (Å²) in [5.74, 6) is -2.08. The van der Waals surface area contributed by atoms with E-state index in [1.807, 2.05) is 48.5 Å². The van der Waals surface area contributed by atoms with E-state index in [1.165, 1.54) is 25.7 Å². The molecule has 300 valence electrons. The largest absolute Gasteiger partial charge is 0.494 e. The molecule has 1 aliphatic rings. The highest BCUT2D eigenvalue weighted by atomic mass is 16.5. The SMILES string of the molecule is CCCCCCCOc1ccc(-c2cnc(-c3ccc(C[C@H](NC(=O)c4ccc(C(C)(C)C)cc4)C(=O)N[C@@H](CC(=O)NC4=NNNN4)C(=O)O)cc3)nc2)cc1. The molecule has 7 N–H and O–H groups in total. The summed E-state index contributed by atoms with van der Waals surface area (Å²) < 4.78 is 5.89. The van der Waals surface area contributed by atoms with E-state index >= 15 is 0 Å². The van der Waals surface area contributed by atoms with Gasteiger partial charge in [0.05, 0.1) is 13.0 Å². The summed E-state index contributed by atoms with van der Waals surface area (Å²) in [6.07, 6.45) is 8.87. The molecule has 15 nitrogen and oxygen atoms in total. The minimum Gasteiger partial charge on any atom is -0.494 e. The fourth-order valence-corrected chi connectivity index (χ4v) is 5.96. The Bertz CT molecular complexity index is 2000. The Morgan fingerprint density at radius 3 is 2.07 bits per heavy atom. The highest BCUT2D eigenvalue weighted by molar-refractivity contribution is 6.00. The molecule has 0 spiro atoms. The molecule has 5 rings (SSSR count). The number of hydrazone groups is 1. The number of amides is 3. The maximum Gasteiger partial charge on any atom is 0.326 e. The molecule has 4 aromatic rings. The fourth-order valence-electron chi connectivity index (χ4n) is 5.96. The number of hydrogen-bond donors (Lipinski definition) is 7. The number of carbonyl (C=O) groups is 4. The summed E-state index contributed by atoms with van der Waals surface area (Å²) in [6, 6.07) is 19.4. The second-order valence-corrected chi connectivity index (χ2v) is 14.8. The molecule has 15 heteroatoms. The second kappa shape index (κ2) is 20.0.